The number of nitrogens with two attached hydrogens (primary N) is 1. The third-order valence-corrected chi connectivity index (χ3v) is 4.40. The Bertz CT molecular complexity index is 396. The second-order valence-electron chi connectivity index (χ2n) is 5.61. The summed E-state index contributed by atoms with van der Waals surface area (Å²) < 4.78 is 5.73. The van der Waals surface area contributed by atoms with E-state index < -0.39 is 0 Å². The monoisotopic (exact) mass is 296 g/mol. The van der Waals surface area contributed by atoms with Crippen LogP contribution in [0.2, 0.25) is 5.02 Å². The molecule has 0 spiro atoms. The van der Waals surface area contributed by atoms with Gasteiger partial charge in [0.1, 0.15) is 5.75 Å². The highest BCUT2D eigenvalue weighted by atomic mass is 35.5. The lowest BCUT2D eigenvalue weighted by molar-refractivity contribution is 0.0995. The highest BCUT2D eigenvalue weighted by Crippen LogP contribution is 2.22. The van der Waals surface area contributed by atoms with Crippen LogP contribution in [0.25, 0.3) is 0 Å². The summed E-state index contributed by atoms with van der Waals surface area (Å²) in [5.74, 6) is 1.60. The van der Waals surface area contributed by atoms with Gasteiger partial charge in [-0.05, 0) is 56.0 Å². The van der Waals surface area contributed by atoms with E-state index in [1.54, 1.807) is 0 Å². The van der Waals surface area contributed by atoms with Crippen LogP contribution < -0.4 is 10.5 Å². The third-order valence-electron chi connectivity index (χ3n) is 4.14. The predicted octanol–water partition coefficient (Wildman–Crippen LogP) is 3.17. The minimum absolute atomic E-state index is 0.541. The molecule has 1 aliphatic rings. The molecule has 3 nitrogen and oxygen atoms in total. The standard InChI is InChI=1S/C16H25ClN2O/c1-13-4-2-9-19(16(13)12-18)10-3-11-20-15-7-5-14(17)6-8-15/h5-8,13,16H,2-4,9-12,18H2,1H3. The Morgan fingerprint density at radius 3 is 2.80 bits per heavy atom. The number of hydrogen-bond acceptors (Lipinski definition) is 3. The number of nitrogens with zero attached hydrogens (tertiary/aromatic N) is 1. The van der Waals surface area contributed by atoms with Gasteiger partial charge in [0.05, 0.1) is 6.61 Å². The molecule has 112 valence electrons. The summed E-state index contributed by atoms with van der Waals surface area (Å²) in [4.78, 5) is 2.53. The van der Waals surface area contributed by atoms with Crippen LogP contribution in [-0.4, -0.2) is 37.2 Å². The van der Waals surface area contributed by atoms with Crippen molar-refractivity contribution in [3.8, 4) is 5.75 Å². The van der Waals surface area contributed by atoms with Crippen LogP contribution in [0, 0.1) is 5.92 Å². The molecule has 1 aromatic carbocycles. The first-order valence-electron chi connectivity index (χ1n) is 7.53. The molecular weight excluding hydrogens is 272 g/mol. The molecular formula is C16H25ClN2O. The first-order valence-corrected chi connectivity index (χ1v) is 7.91. The fourth-order valence-electron chi connectivity index (χ4n) is 2.98. The van der Waals surface area contributed by atoms with Crippen molar-refractivity contribution in [1.82, 2.24) is 4.90 Å². The van der Waals surface area contributed by atoms with Crippen molar-refractivity contribution in [2.24, 2.45) is 11.7 Å². The number of rotatable bonds is 6. The van der Waals surface area contributed by atoms with Crippen LogP contribution in [0.5, 0.6) is 5.75 Å². The van der Waals surface area contributed by atoms with Gasteiger partial charge in [-0.15, -0.1) is 0 Å². The Morgan fingerprint density at radius 1 is 1.35 bits per heavy atom. The van der Waals surface area contributed by atoms with E-state index in [0.717, 1.165) is 36.9 Å². The van der Waals surface area contributed by atoms with Gasteiger partial charge in [0.15, 0.2) is 0 Å². The molecule has 2 atom stereocenters. The lowest BCUT2D eigenvalue weighted by atomic mass is 9.91. The molecule has 0 aromatic heterocycles. The number of benzene rings is 1. The summed E-state index contributed by atoms with van der Waals surface area (Å²) in [6, 6.07) is 8.07. The minimum atomic E-state index is 0.541. The fourth-order valence-corrected chi connectivity index (χ4v) is 3.11. The van der Waals surface area contributed by atoms with Gasteiger partial charge in [0.25, 0.3) is 0 Å². The fraction of sp³-hybridized carbons (Fsp3) is 0.625. The van der Waals surface area contributed by atoms with E-state index in [-0.39, 0.29) is 0 Å². The van der Waals surface area contributed by atoms with E-state index in [1.807, 2.05) is 24.3 Å². The van der Waals surface area contributed by atoms with Crippen molar-refractivity contribution in [1.29, 1.82) is 0 Å². The summed E-state index contributed by atoms with van der Waals surface area (Å²) in [7, 11) is 0. The Morgan fingerprint density at radius 2 is 2.10 bits per heavy atom. The maximum atomic E-state index is 5.91. The average Bonchev–Trinajstić information content (AvgIpc) is 2.45. The summed E-state index contributed by atoms with van der Waals surface area (Å²) in [5.41, 5.74) is 5.91. The number of hydrogen-bond donors (Lipinski definition) is 1. The van der Waals surface area contributed by atoms with E-state index in [4.69, 9.17) is 22.1 Å². The molecule has 4 heteroatoms. The molecule has 0 aliphatic carbocycles. The smallest absolute Gasteiger partial charge is 0.119 e. The topological polar surface area (TPSA) is 38.5 Å². The van der Waals surface area contributed by atoms with E-state index in [1.165, 1.54) is 19.4 Å². The van der Waals surface area contributed by atoms with Crippen molar-refractivity contribution in [2.75, 3.05) is 26.2 Å². The summed E-state index contributed by atoms with van der Waals surface area (Å²) in [6.45, 7) is 6.06. The molecule has 2 unspecified atom stereocenters. The summed E-state index contributed by atoms with van der Waals surface area (Å²) in [6.07, 6.45) is 3.63. The van der Waals surface area contributed by atoms with E-state index in [9.17, 15) is 0 Å². The molecule has 0 radical (unpaired) electrons. The normalized spacial score (nSPS) is 23.8. The van der Waals surface area contributed by atoms with Crippen molar-refractivity contribution < 1.29 is 4.74 Å². The van der Waals surface area contributed by atoms with Crippen LogP contribution in [0.3, 0.4) is 0 Å². The molecule has 1 saturated heterocycles. The van der Waals surface area contributed by atoms with Crippen molar-refractivity contribution in [2.45, 2.75) is 32.2 Å². The maximum Gasteiger partial charge on any atom is 0.119 e. The molecule has 1 heterocycles. The second-order valence-corrected chi connectivity index (χ2v) is 6.05. The van der Waals surface area contributed by atoms with Crippen molar-refractivity contribution >= 4 is 11.6 Å². The molecule has 1 aliphatic heterocycles. The first-order chi connectivity index (χ1) is 9.70. The Kier molecular flexibility index (Phi) is 6.14. The molecule has 2 rings (SSSR count). The number of ether oxygens (including phenoxy) is 1. The van der Waals surface area contributed by atoms with Crippen LogP contribution in [0.1, 0.15) is 26.2 Å². The Balaban J connectivity index is 1.71. The summed E-state index contributed by atoms with van der Waals surface area (Å²) >= 11 is 5.85. The molecule has 2 N–H and O–H groups in total. The highest BCUT2D eigenvalue weighted by Gasteiger charge is 2.26. The largest absolute Gasteiger partial charge is 0.494 e. The van der Waals surface area contributed by atoms with Crippen LogP contribution in [0.4, 0.5) is 0 Å². The molecule has 0 saturated carbocycles. The first kappa shape index (κ1) is 15.6. The van der Waals surface area contributed by atoms with Crippen LogP contribution in [-0.2, 0) is 0 Å². The summed E-state index contributed by atoms with van der Waals surface area (Å²) in [5, 5.41) is 0.741. The number of likely N-dealkylation sites (tertiary alicyclic amines) is 1. The molecule has 0 amide bonds. The zero-order valence-electron chi connectivity index (χ0n) is 12.2. The molecule has 1 fully saturated rings. The Labute approximate surface area is 127 Å². The number of halogens is 1. The lowest BCUT2D eigenvalue weighted by Gasteiger charge is -2.39. The van der Waals surface area contributed by atoms with Crippen molar-refractivity contribution in [3.63, 3.8) is 0 Å². The zero-order valence-corrected chi connectivity index (χ0v) is 13.0. The van der Waals surface area contributed by atoms with E-state index in [0.29, 0.717) is 12.0 Å². The molecule has 1 aromatic rings. The predicted molar refractivity (Wildman–Crippen MR) is 84.4 cm³/mol. The quantitative estimate of drug-likeness (QED) is 0.820. The van der Waals surface area contributed by atoms with Crippen LogP contribution in [0.15, 0.2) is 24.3 Å². The minimum Gasteiger partial charge on any atom is -0.494 e. The lowest BCUT2D eigenvalue weighted by Crippen LogP contribution is -2.49. The third kappa shape index (κ3) is 4.37. The van der Waals surface area contributed by atoms with Gasteiger partial charge < -0.3 is 10.5 Å². The van der Waals surface area contributed by atoms with E-state index >= 15 is 0 Å². The Hall–Kier alpha value is -0.770. The van der Waals surface area contributed by atoms with Gasteiger partial charge >= 0.3 is 0 Å². The molecule has 20 heavy (non-hydrogen) atoms. The second kappa shape index (κ2) is 7.87. The van der Waals surface area contributed by atoms with Gasteiger partial charge in [-0.3, -0.25) is 4.90 Å². The van der Waals surface area contributed by atoms with E-state index in [2.05, 4.69) is 11.8 Å². The van der Waals surface area contributed by atoms with Gasteiger partial charge in [-0.1, -0.05) is 18.5 Å². The average molecular weight is 297 g/mol. The van der Waals surface area contributed by atoms with Crippen LogP contribution >= 0.6 is 11.6 Å². The number of piperidine rings is 1. The van der Waals surface area contributed by atoms with Crippen molar-refractivity contribution in [3.05, 3.63) is 29.3 Å². The SMILES string of the molecule is CC1CCCN(CCCOc2ccc(Cl)cc2)C1CN. The molecule has 0 bridgehead atoms. The van der Waals surface area contributed by atoms with Gasteiger partial charge in [0, 0.05) is 24.2 Å². The van der Waals surface area contributed by atoms with Gasteiger partial charge in [-0.25, -0.2) is 0 Å². The highest BCUT2D eigenvalue weighted by molar-refractivity contribution is 6.30. The van der Waals surface area contributed by atoms with Gasteiger partial charge in [0.2, 0.25) is 0 Å². The van der Waals surface area contributed by atoms with Gasteiger partial charge in [-0.2, -0.15) is 0 Å². The zero-order chi connectivity index (χ0) is 14.4. The maximum absolute atomic E-state index is 5.91.